The molecule has 672 valence electrons. The van der Waals surface area contributed by atoms with Crippen molar-refractivity contribution in [2.45, 2.75) is 153 Å². The lowest BCUT2D eigenvalue weighted by Crippen LogP contribution is -2.41. The molecule has 0 atom stereocenters. The van der Waals surface area contributed by atoms with Gasteiger partial charge in [-0.25, -0.2) is 9.59 Å². The molecular weight excluding hydrogens is 1760 g/mol. The van der Waals surface area contributed by atoms with Gasteiger partial charge in [0.2, 0.25) is 5.91 Å². The highest BCUT2D eigenvalue weighted by Crippen LogP contribution is 2.43. The summed E-state index contributed by atoms with van der Waals surface area (Å²) in [6.07, 6.45) is 42.6. The van der Waals surface area contributed by atoms with Crippen LogP contribution in [-0.4, -0.2) is 157 Å². The van der Waals surface area contributed by atoms with Gasteiger partial charge < -0.3 is 63.2 Å². The number of carbonyl (C=O) groups is 3. The first-order valence-corrected chi connectivity index (χ1v) is 46.8. The van der Waals surface area contributed by atoms with Crippen LogP contribution >= 0.6 is 69.6 Å². The van der Waals surface area contributed by atoms with E-state index in [0.717, 1.165) is 165 Å². The van der Waals surface area contributed by atoms with Gasteiger partial charge in [-0.15, -0.1) is 0 Å². The number of benzene rings is 5. The van der Waals surface area contributed by atoms with Gasteiger partial charge in [0.15, 0.2) is 0 Å². The van der Waals surface area contributed by atoms with Gasteiger partial charge in [-0.2, -0.15) is 0 Å². The molecule has 3 amide bonds. The molecule has 15 aromatic rings. The molecular formula is C103H107Cl6N15O6. The number of carbonyl (C=O) groups excluding carboxylic acids is 3. The van der Waals surface area contributed by atoms with E-state index < -0.39 is 17.8 Å². The van der Waals surface area contributed by atoms with Gasteiger partial charge in [-0.05, 0) is 317 Å². The van der Waals surface area contributed by atoms with Crippen molar-refractivity contribution in [3.05, 3.63) is 297 Å². The number of aromatic nitrogens is 10. The molecule has 4 fully saturated rings. The third-order valence-corrected chi connectivity index (χ3v) is 26.6. The fourth-order valence-electron chi connectivity index (χ4n) is 18.4. The molecule has 5 aliphatic rings. The van der Waals surface area contributed by atoms with Crippen molar-refractivity contribution in [1.29, 1.82) is 0 Å². The van der Waals surface area contributed by atoms with Crippen LogP contribution in [0.4, 0.5) is 9.59 Å². The lowest BCUT2D eigenvalue weighted by molar-refractivity contribution is -0.135. The van der Waals surface area contributed by atoms with Crippen molar-refractivity contribution >= 4 is 148 Å². The van der Waals surface area contributed by atoms with Crippen molar-refractivity contribution in [1.82, 2.24) is 73.5 Å². The Balaban J connectivity index is 0.000000120. The van der Waals surface area contributed by atoms with E-state index in [0.29, 0.717) is 54.0 Å². The average Bonchev–Trinajstić information content (AvgIpc) is 1.65. The standard InChI is InChI=1S/C24H28ClN3O2.C23H26ClN3O2.C20H19Cl2N3O2.C18H18ClN3.C18H16ClN3/c1-24(2,3)30-23(29)27-18-8-4-16(5-9-18)21-15-28(19-10-6-17(25)7-11-19)22-14-26-13-12-20(21)22;1-23(2,3)29-22(28)26-12-9-16(10-13-26)20-15-27(18-6-4-17(24)5-7-18)21-14-25-11-8-19(20)21;21-17-2-1-13(9-18(17)22)16-11-25(19-3-6-23-10-15(16)19)14-4-7-24(8-5-14)20(27)12-26;2*19-14-1-3-15(4-2-14)22-12-17(13-5-8-20-9-6-13)16-7-10-21-11-18(16)22/h6-7,10-16,18H,4-5,8-9H2,1-3H3,(H,27,29);4-8,11,14-16H,9-10,12-13H2,1-3H3;1-3,6,9-11,14,26H,4-5,7-8,12H2;1-4,7,10-13,20H,5-6,8-9H2;1-5,7,10-12,20H,6,8-9H2. The van der Waals surface area contributed by atoms with Crippen LogP contribution in [0.1, 0.15) is 158 Å². The third kappa shape index (κ3) is 22.1. The Kier molecular flexibility index (Phi) is 29.5. The molecule has 0 radical (unpaired) electrons. The van der Waals surface area contributed by atoms with Crippen molar-refractivity contribution in [3.8, 4) is 33.9 Å². The fourth-order valence-corrected chi connectivity index (χ4v) is 19.2. The SMILES string of the molecule is CC(C)(C)OC(=O)N1CCC(c2cn(-c3ccc(Cl)cc3)c3cnccc23)CC1.CC(C)(C)OC(=O)NC1CCC(c2cn(-c3ccc(Cl)cc3)c3cnccc23)CC1.Clc1ccc(-n2cc(C3=CCNCC3)c3ccncc32)cc1.Clc1ccc(-n2cc(C3CCNCC3)c3ccncc32)cc1.O=C(CO)N1CCC(n2cc(-c3ccc(Cl)c(Cl)c3)c3cnccc32)CC1. The molecule has 4 N–H and O–H groups in total. The van der Waals surface area contributed by atoms with Crippen LogP contribution in [0.2, 0.25) is 30.1 Å². The van der Waals surface area contributed by atoms with Crippen molar-refractivity contribution < 1.29 is 29.0 Å². The number of amides is 3. The zero-order valence-electron chi connectivity index (χ0n) is 73.7. The summed E-state index contributed by atoms with van der Waals surface area (Å²) in [7, 11) is 0. The zero-order chi connectivity index (χ0) is 90.7. The van der Waals surface area contributed by atoms with E-state index in [-0.39, 0.29) is 30.2 Å². The van der Waals surface area contributed by atoms with Gasteiger partial charge in [0.05, 0.1) is 62.4 Å². The number of ether oxygens (including phenoxy) is 2. The van der Waals surface area contributed by atoms with Gasteiger partial charge in [0.25, 0.3) is 0 Å². The number of aliphatic hydroxyl groups is 1. The molecule has 21 nitrogen and oxygen atoms in total. The van der Waals surface area contributed by atoms with Gasteiger partial charge in [0, 0.05) is 194 Å². The number of hydrogen-bond donors (Lipinski definition) is 4. The maximum absolute atomic E-state index is 12.4. The molecule has 0 unspecified atom stereocenters. The number of fused-ring (bicyclic) bond motifs is 5. The summed E-state index contributed by atoms with van der Waals surface area (Å²) >= 11 is 36.4. The first-order chi connectivity index (χ1) is 62.8. The Labute approximate surface area is 787 Å². The zero-order valence-corrected chi connectivity index (χ0v) is 78.3. The Morgan fingerprint density at radius 2 is 0.854 bits per heavy atom. The number of rotatable bonds is 12. The molecule has 4 aliphatic heterocycles. The molecule has 5 aromatic carbocycles. The lowest BCUT2D eigenvalue weighted by Gasteiger charge is -2.33. The van der Waals surface area contributed by atoms with Crippen LogP contribution in [0.3, 0.4) is 0 Å². The van der Waals surface area contributed by atoms with Gasteiger partial charge in [-0.3, -0.25) is 29.7 Å². The van der Waals surface area contributed by atoms with E-state index in [1.54, 1.807) is 17.2 Å². The van der Waals surface area contributed by atoms with Crippen LogP contribution in [0.5, 0.6) is 0 Å². The molecule has 1 aliphatic carbocycles. The topological polar surface area (TPSA) is 222 Å². The molecule has 0 spiro atoms. The van der Waals surface area contributed by atoms with E-state index >= 15 is 0 Å². The number of alkyl carbamates (subject to hydrolysis) is 1. The summed E-state index contributed by atoms with van der Waals surface area (Å²) in [6, 6.07) is 48.1. The Morgan fingerprint density at radius 3 is 1.31 bits per heavy atom. The van der Waals surface area contributed by atoms with E-state index in [9.17, 15) is 14.4 Å². The molecule has 27 heteroatoms. The van der Waals surface area contributed by atoms with E-state index in [1.807, 2.05) is 205 Å². The number of hydrogen-bond acceptors (Lipinski definition) is 13. The minimum absolute atomic E-state index is 0.169. The second-order valence-electron chi connectivity index (χ2n) is 35.6. The molecule has 3 saturated heterocycles. The number of nitrogens with one attached hydrogen (secondary N) is 3. The van der Waals surface area contributed by atoms with Gasteiger partial charge in [-0.1, -0.05) is 81.7 Å². The van der Waals surface area contributed by atoms with Gasteiger partial charge >= 0.3 is 12.2 Å². The van der Waals surface area contributed by atoms with E-state index in [1.165, 1.54) is 67.7 Å². The number of nitrogens with zero attached hydrogens (tertiary/aromatic N) is 12. The summed E-state index contributed by atoms with van der Waals surface area (Å²) in [6.45, 7) is 17.8. The average molecular weight is 1860 g/mol. The minimum Gasteiger partial charge on any atom is -0.444 e. The second kappa shape index (κ2) is 41.6. The second-order valence-corrected chi connectivity index (χ2v) is 38.2. The first-order valence-electron chi connectivity index (χ1n) is 44.6. The Bertz CT molecular complexity index is 6480. The fraction of sp³-hybridized carbons (Fsp3) is 0.320. The molecule has 10 aromatic heterocycles. The summed E-state index contributed by atoms with van der Waals surface area (Å²) in [5.41, 5.74) is 17.9. The number of halogens is 6. The summed E-state index contributed by atoms with van der Waals surface area (Å²) in [5.74, 6) is 1.28. The minimum atomic E-state index is -0.473. The third-order valence-electron chi connectivity index (χ3n) is 24.8. The van der Waals surface area contributed by atoms with E-state index in [4.69, 9.17) is 84.2 Å². The summed E-state index contributed by atoms with van der Waals surface area (Å²) < 4.78 is 22.0. The molecule has 20 rings (SSSR count). The lowest BCUT2D eigenvalue weighted by atomic mass is 9.82. The Hall–Kier alpha value is -11.1. The maximum Gasteiger partial charge on any atom is 0.410 e. The van der Waals surface area contributed by atoms with Crippen LogP contribution < -0.4 is 16.0 Å². The van der Waals surface area contributed by atoms with Crippen molar-refractivity contribution in [3.63, 3.8) is 0 Å². The van der Waals surface area contributed by atoms with Crippen LogP contribution in [0, 0.1) is 0 Å². The van der Waals surface area contributed by atoms with Gasteiger partial charge in [0.1, 0.15) is 17.8 Å². The quantitative estimate of drug-likeness (QED) is 0.0895. The molecule has 130 heavy (non-hydrogen) atoms. The smallest absolute Gasteiger partial charge is 0.410 e. The molecule has 1 saturated carbocycles. The van der Waals surface area contributed by atoms with Crippen molar-refractivity contribution in [2.75, 3.05) is 59.0 Å². The van der Waals surface area contributed by atoms with Crippen LogP contribution in [0.25, 0.3) is 94.0 Å². The monoisotopic (exact) mass is 1860 g/mol. The number of pyridine rings is 5. The molecule has 0 bridgehead atoms. The van der Waals surface area contributed by atoms with Crippen molar-refractivity contribution in [2.24, 2.45) is 0 Å². The van der Waals surface area contributed by atoms with E-state index in [2.05, 4.69) is 137 Å². The van der Waals surface area contributed by atoms with Crippen LogP contribution in [-0.2, 0) is 14.3 Å². The maximum atomic E-state index is 12.4. The highest BCUT2D eigenvalue weighted by Gasteiger charge is 2.33. The Morgan fingerprint density at radius 1 is 0.423 bits per heavy atom. The first kappa shape index (κ1) is 92.2. The highest BCUT2D eigenvalue weighted by atomic mass is 35.5. The summed E-state index contributed by atoms with van der Waals surface area (Å²) in [4.78, 5) is 61.3. The predicted octanol–water partition coefficient (Wildman–Crippen LogP) is 24.4. The summed E-state index contributed by atoms with van der Waals surface area (Å²) in [5, 5.41) is 29.0. The van der Waals surface area contributed by atoms with Crippen LogP contribution in [0.15, 0.2) is 245 Å². The number of likely N-dealkylation sites (tertiary alicyclic amines) is 2. The number of aliphatic hydroxyl groups excluding tert-OH is 1. The normalized spacial score (nSPS) is 16.5. The highest BCUT2D eigenvalue weighted by molar-refractivity contribution is 6.42. The predicted molar refractivity (Wildman–Crippen MR) is 526 cm³/mol. The number of piperidine rings is 3. The largest absolute Gasteiger partial charge is 0.444 e. The molecule has 14 heterocycles.